The standard InChI is InChI=1S/C12H15N3O/c16-6-12(15-9-2-3-9)8-1-4-10-11(5-8)14-7-13-10/h1,4-5,7,9,12,15-16H,2-3,6H2,(H,13,14). The monoisotopic (exact) mass is 217 g/mol. The van der Waals surface area contributed by atoms with E-state index >= 15 is 0 Å². The van der Waals surface area contributed by atoms with Gasteiger partial charge >= 0.3 is 0 Å². The Morgan fingerprint density at radius 2 is 2.38 bits per heavy atom. The van der Waals surface area contributed by atoms with Crippen molar-refractivity contribution in [3.63, 3.8) is 0 Å². The highest BCUT2D eigenvalue weighted by molar-refractivity contribution is 5.75. The van der Waals surface area contributed by atoms with Gasteiger partial charge < -0.3 is 15.4 Å². The van der Waals surface area contributed by atoms with Gasteiger partial charge in [0.2, 0.25) is 0 Å². The minimum atomic E-state index is 0.0419. The molecule has 0 amide bonds. The summed E-state index contributed by atoms with van der Waals surface area (Å²) in [6.45, 7) is 0.135. The number of aliphatic hydroxyl groups is 1. The third kappa shape index (κ3) is 1.81. The second kappa shape index (κ2) is 3.88. The van der Waals surface area contributed by atoms with Gasteiger partial charge in [-0.1, -0.05) is 6.07 Å². The Labute approximate surface area is 93.7 Å². The first-order valence-corrected chi connectivity index (χ1v) is 5.67. The number of benzene rings is 1. The number of hydrogen-bond donors (Lipinski definition) is 3. The molecular formula is C12H15N3O. The van der Waals surface area contributed by atoms with E-state index in [4.69, 9.17) is 0 Å². The maximum Gasteiger partial charge on any atom is 0.0931 e. The molecule has 1 heterocycles. The smallest absolute Gasteiger partial charge is 0.0931 e. The van der Waals surface area contributed by atoms with Crippen molar-refractivity contribution in [2.24, 2.45) is 0 Å². The van der Waals surface area contributed by atoms with Gasteiger partial charge in [-0.05, 0) is 30.5 Å². The third-order valence-corrected chi connectivity index (χ3v) is 3.04. The van der Waals surface area contributed by atoms with Crippen LogP contribution >= 0.6 is 0 Å². The third-order valence-electron chi connectivity index (χ3n) is 3.04. The van der Waals surface area contributed by atoms with Gasteiger partial charge in [0, 0.05) is 6.04 Å². The topological polar surface area (TPSA) is 60.9 Å². The van der Waals surface area contributed by atoms with Crippen molar-refractivity contribution in [1.29, 1.82) is 0 Å². The molecule has 3 rings (SSSR count). The number of nitrogens with one attached hydrogen (secondary N) is 2. The van der Waals surface area contributed by atoms with Gasteiger partial charge in [-0.3, -0.25) is 0 Å². The number of hydrogen-bond acceptors (Lipinski definition) is 3. The Morgan fingerprint density at radius 3 is 3.12 bits per heavy atom. The van der Waals surface area contributed by atoms with Crippen molar-refractivity contribution in [2.75, 3.05) is 6.61 Å². The van der Waals surface area contributed by atoms with Crippen molar-refractivity contribution < 1.29 is 5.11 Å². The van der Waals surface area contributed by atoms with Crippen molar-refractivity contribution in [3.8, 4) is 0 Å². The summed E-state index contributed by atoms with van der Waals surface area (Å²) in [5.74, 6) is 0. The van der Waals surface area contributed by atoms with Crippen LogP contribution in [0.15, 0.2) is 24.5 Å². The zero-order chi connectivity index (χ0) is 11.0. The number of aromatic amines is 1. The number of H-pyrrole nitrogens is 1. The highest BCUT2D eigenvalue weighted by Gasteiger charge is 2.25. The van der Waals surface area contributed by atoms with E-state index in [2.05, 4.69) is 21.4 Å². The summed E-state index contributed by atoms with van der Waals surface area (Å²) < 4.78 is 0. The lowest BCUT2D eigenvalue weighted by molar-refractivity contribution is 0.243. The molecule has 4 heteroatoms. The molecule has 0 aliphatic heterocycles. The van der Waals surface area contributed by atoms with Gasteiger partial charge in [-0.25, -0.2) is 4.98 Å². The van der Waals surface area contributed by atoms with Crippen LogP contribution in [0.4, 0.5) is 0 Å². The molecule has 16 heavy (non-hydrogen) atoms. The molecule has 0 bridgehead atoms. The van der Waals surface area contributed by atoms with E-state index in [1.807, 2.05) is 12.1 Å². The van der Waals surface area contributed by atoms with Crippen LogP contribution in [0.3, 0.4) is 0 Å². The molecule has 0 radical (unpaired) electrons. The maximum absolute atomic E-state index is 9.39. The van der Waals surface area contributed by atoms with Gasteiger partial charge in [0.15, 0.2) is 0 Å². The van der Waals surface area contributed by atoms with Gasteiger partial charge in [-0.2, -0.15) is 0 Å². The van der Waals surface area contributed by atoms with Crippen LogP contribution in [0.5, 0.6) is 0 Å². The van der Waals surface area contributed by atoms with Crippen LogP contribution < -0.4 is 5.32 Å². The van der Waals surface area contributed by atoms with Crippen molar-refractivity contribution in [1.82, 2.24) is 15.3 Å². The molecule has 0 spiro atoms. The zero-order valence-electron chi connectivity index (χ0n) is 8.98. The van der Waals surface area contributed by atoms with Crippen LogP contribution in [0.25, 0.3) is 11.0 Å². The summed E-state index contributed by atoms with van der Waals surface area (Å²) in [4.78, 5) is 7.27. The van der Waals surface area contributed by atoms with Gasteiger partial charge in [0.1, 0.15) is 0 Å². The summed E-state index contributed by atoms with van der Waals surface area (Å²) >= 11 is 0. The predicted octanol–water partition coefficient (Wildman–Crippen LogP) is 1.35. The van der Waals surface area contributed by atoms with Crippen LogP contribution in [-0.4, -0.2) is 27.7 Å². The van der Waals surface area contributed by atoms with Gasteiger partial charge in [0.05, 0.1) is 30.0 Å². The van der Waals surface area contributed by atoms with E-state index < -0.39 is 0 Å². The fourth-order valence-electron chi connectivity index (χ4n) is 1.96. The summed E-state index contributed by atoms with van der Waals surface area (Å²) in [5, 5.41) is 12.8. The van der Waals surface area contributed by atoms with Crippen LogP contribution in [-0.2, 0) is 0 Å². The van der Waals surface area contributed by atoms with E-state index in [0.29, 0.717) is 6.04 Å². The number of imidazole rings is 1. The van der Waals surface area contributed by atoms with Crippen LogP contribution in [0.2, 0.25) is 0 Å². The van der Waals surface area contributed by atoms with Gasteiger partial charge in [0.25, 0.3) is 0 Å². The highest BCUT2D eigenvalue weighted by Crippen LogP contribution is 2.25. The first kappa shape index (κ1) is 9.81. The van der Waals surface area contributed by atoms with E-state index in [-0.39, 0.29) is 12.6 Å². The minimum absolute atomic E-state index is 0.0419. The largest absolute Gasteiger partial charge is 0.394 e. The first-order chi connectivity index (χ1) is 7.86. The lowest BCUT2D eigenvalue weighted by Gasteiger charge is -2.16. The Hall–Kier alpha value is -1.39. The normalized spacial score (nSPS) is 17.8. The molecule has 1 aromatic heterocycles. The number of rotatable bonds is 4. The number of aromatic nitrogens is 2. The molecule has 1 atom stereocenters. The SMILES string of the molecule is OCC(NC1CC1)c1ccc2nc[nH]c2c1. The molecular weight excluding hydrogens is 202 g/mol. The Morgan fingerprint density at radius 1 is 1.50 bits per heavy atom. The zero-order valence-corrected chi connectivity index (χ0v) is 8.98. The summed E-state index contributed by atoms with van der Waals surface area (Å²) in [7, 11) is 0. The second-order valence-electron chi connectivity index (χ2n) is 4.36. The summed E-state index contributed by atoms with van der Waals surface area (Å²) in [6, 6.07) is 6.70. The van der Waals surface area contributed by atoms with Crippen molar-refractivity contribution in [3.05, 3.63) is 30.1 Å². The average molecular weight is 217 g/mol. The Kier molecular flexibility index (Phi) is 2.38. The fraction of sp³-hybridized carbons (Fsp3) is 0.417. The average Bonchev–Trinajstić information content (AvgIpc) is 3.01. The molecule has 3 N–H and O–H groups in total. The highest BCUT2D eigenvalue weighted by atomic mass is 16.3. The van der Waals surface area contributed by atoms with E-state index in [9.17, 15) is 5.11 Å². The second-order valence-corrected chi connectivity index (χ2v) is 4.36. The predicted molar refractivity (Wildman–Crippen MR) is 62.1 cm³/mol. The minimum Gasteiger partial charge on any atom is -0.394 e. The fourth-order valence-corrected chi connectivity index (χ4v) is 1.96. The van der Waals surface area contributed by atoms with E-state index in [1.54, 1.807) is 6.33 Å². The lowest BCUT2D eigenvalue weighted by atomic mass is 10.1. The maximum atomic E-state index is 9.39. The number of aliphatic hydroxyl groups excluding tert-OH is 1. The van der Waals surface area contributed by atoms with Crippen LogP contribution in [0.1, 0.15) is 24.4 Å². The molecule has 0 saturated heterocycles. The molecule has 84 valence electrons. The molecule has 1 saturated carbocycles. The first-order valence-electron chi connectivity index (χ1n) is 5.67. The molecule has 4 nitrogen and oxygen atoms in total. The number of fused-ring (bicyclic) bond motifs is 1. The number of nitrogens with zero attached hydrogens (tertiary/aromatic N) is 1. The quantitative estimate of drug-likeness (QED) is 0.724. The summed E-state index contributed by atoms with van der Waals surface area (Å²) in [6.07, 6.45) is 4.14. The Balaban J connectivity index is 1.89. The van der Waals surface area contributed by atoms with Crippen LogP contribution in [0, 0.1) is 0 Å². The van der Waals surface area contributed by atoms with E-state index in [1.165, 1.54) is 12.8 Å². The molecule has 1 aliphatic rings. The van der Waals surface area contributed by atoms with Gasteiger partial charge in [-0.15, -0.1) is 0 Å². The molecule has 1 unspecified atom stereocenters. The Bertz CT molecular complexity index is 490. The molecule has 1 aliphatic carbocycles. The van der Waals surface area contributed by atoms with Crippen molar-refractivity contribution in [2.45, 2.75) is 24.9 Å². The summed E-state index contributed by atoms with van der Waals surface area (Å²) in [5.41, 5.74) is 3.10. The molecule has 1 aromatic carbocycles. The van der Waals surface area contributed by atoms with E-state index in [0.717, 1.165) is 16.6 Å². The van der Waals surface area contributed by atoms with Crippen molar-refractivity contribution >= 4 is 11.0 Å². The molecule has 1 fully saturated rings. The lowest BCUT2D eigenvalue weighted by Crippen LogP contribution is -2.26. The molecule has 2 aromatic rings.